The fourth-order valence-corrected chi connectivity index (χ4v) is 4.69. The van der Waals surface area contributed by atoms with E-state index in [1.165, 1.54) is 18.3 Å². The van der Waals surface area contributed by atoms with Gasteiger partial charge < -0.3 is 20.1 Å². The van der Waals surface area contributed by atoms with Crippen LogP contribution in [0.15, 0.2) is 24.7 Å². The number of thiazole rings is 1. The van der Waals surface area contributed by atoms with Crippen molar-refractivity contribution in [2.24, 2.45) is 0 Å². The lowest BCUT2D eigenvalue weighted by Crippen LogP contribution is -2.37. The first-order chi connectivity index (χ1) is 16.2. The van der Waals surface area contributed by atoms with E-state index in [0.717, 1.165) is 22.2 Å². The molecule has 13 heteroatoms. The third kappa shape index (κ3) is 6.01. The van der Waals surface area contributed by atoms with Crippen molar-refractivity contribution in [3.05, 3.63) is 30.2 Å². The van der Waals surface area contributed by atoms with Gasteiger partial charge in [-0.15, -0.1) is 0 Å². The molecule has 1 fully saturated rings. The van der Waals surface area contributed by atoms with Gasteiger partial charge in [0.1, 0.15) is 10.8 Å². The number of hydrogen-bond donors (Lipinski definition) is 2. The Morgan fingerprint density at radius 1 is 1.26 bits per heavy atom. The van der Waals surface area contributed by atoms with Crippen LogP contribution in [0, 0.1) is 0 Å². The maximum Gasteiger partial charge on any atom is 0.407 e. The van der Waals surface area contributed by atoms with Crippen LogP contribution >= 0.6 is 11.3 Å². The summed E-state index contributed by atoms with van der Waals surface area (Å²) in [5, 5.41) is 5.86. The summed E-state index contributed by atoms with van der Waals surface area (Å²) in [6, 6.07) is 0.740. The molecular weight excluding hydrogens is 473 g/mol. The first-order valence-corrected chi connectivity index (χ1v) is 11.4. The van der Waals surface area contributed by atoms with Crippen LogP contribution in [0.1, 0.15) is 44.1 Å². The largest absolute Gasteiger partial charge is 0.473 e. The molecule has 0 unspecified atom stereocenters. The molecule has 2 N–H and O–H groups in total. The molecule has 1 saturated carbocycles. The number of alkyl halides is 3. The van der Waals surface area contributed by atoms with Crippen molar-refractivity contribution >= 4 is 39.4 Å². The fraction of sp³-hybridized carbons (Fsp3) is 0.476. The molecule has 3 aromatic heterocycles. The van der Waals surface area contributed by atoms with Crippen LogP contribution in [0.5, 0.6) is 5.19 Å². The maximum atomic E-state index is 12.4. The van der Waals surface area contributed by atoms with E-state index in [4.69, 9.17) is 9.47 Å². The minimum Gasteiger partial charge on any atom is -0.473 e. The molecule has 182 valence electrons. The maximum absolute atomic E-state index is 12.4. The lowest BCUT2D eigenvalue weighted by Gasteiger charge is -2.18. The number of rotatable bonds is 7. The van der Waals surface area contributed by atoms with E-state index in [-0.39, 0.29) is 12.0 Å². The highest BCUT2D eigenvalue weighted by atomic mass is 32.1. The van der Waals surface area contributed by atoms with Gasteiger partial charge in [-0.05, 0) is 43.7 Å². The Morgan fingerprint density at radius 2 is 2.03 bits per heavy atom. The lowest BCUT2D eigenvalue weighted by atomic mass is 10.0. The van der Waals surface area contributed by atoms with Crippen molar-refractivity contribution < 1.29 is 27.4 Å². The third-order valence-corrected chi connectivity index (χ3v) is 6.43. The average molecular weight is 497 g/mol. The first-order valence-electron chi connectivity index (χ1n) is 10.6. The molecule has 0 radical (unpaired) electrons. The summed E-state index contributed by atoms with van der Waals surface area (Å²) in [7, 11) is 1.56. The molecule has 1 aliphatic rings. The quantitative estimate of drug-likeness (QED) is 0.473. The van der Waals surface area contributed by atoms with Crippen molar-refractivity contribution in [2.75, 3.05) is 12.4 Å². The zero-order valence-electron chi connectivity index (χ0n) is 18.4. The standard InChI is InChI=1S/C21H23F3N6O3S/c1-11(8-21(22,23)24)28-19(31)33-14-4-3-12(7-14)13-9-26-18(27-10-13)30-17-16-15(5-6-25-17)29-20(32-2)34-16/h5-6,9-12,14H,3-4,7-8H2,1-2H3,(H,28,31)(H,25,26,27,30)/t11-,12+,14-/m0/s1. The molecule has 0 aliphatic heterocycles. The minimum atomic E-state index is -4.34. The van der Waals surface area contributed by atoms with Gasteiger partial charge in [0.2, 0.25) is 5.95 Å². The molecular formula is C21H23F3N6O3S. The second kappa shape index (κ2) is 9.95. The van der Waals surface area contributed by atoms with Gasteiger partial charge in [-0.2, -0.15) is 13.2 Å². The smallest absolute Gasteiger partial charge is 0.407 e. The number of fused-ring (bicyclic) bond motifs is 1. The SMILES string of the molecule is COc1nc2ccnc(Nc3ncc([C@@H]4CC[C@H](OC(=O)N[C@@H](C)CC(F)(F)F)C4)cn3)c2s1. The number of aromatic nitrogens is 4. The van der Waals surface area contributed by atoms with Gasteiger partial charge in [0.05, 0.1) is 19.0 Å². The number of hydrogen-bond acceptors (Lipinski definition) is 9. The molecule has 3 atom stereocenters. The molecule has 1 amide bonds. The molecule has 0 aromatic carbocycles. The number of nitrogens with zero attached hydrogens (tertiary/aromatic N) is 4. The Labute approximate surface area is 197 Å². The molecule has 4 rings (SSSR count). The van der Waals surface area contributed by atoms with Crippen LogP contribution in [0.25, 0.3) is 10.2 Å². The molecule has 0 spiro atoms. The van der Waals surface area contributed by atoms with Crippen LogP contribution in [-0.4, -0.2) is 51.5 Å². The van der Waals surface area contributed by atoms with E-state index in [0.29, 0.717) is 29.8 Å². The van der Waals surface area contributed by atoms with Gasteiger partial charge in [-0.25, -0.2) is 24.7 Å². The number of halogens is 3. The van der Waals surface area contributed by atoms with Crippen molar-refractivity contribution in [3.8, 4) is 5.19 Å². The van der Waals surface area contributed by atoms with E-state index in [1.54, 1.807) is 31.8 Å². The van der Waals surface area contributed by atoms with Crippen molar-refractivity contribution in [1.82, 2.24) is 25.3 Å². The summed E-state index contributed by atoms with van der Waals surface area (Å²) >= 11 is 1.36. The van der Waals surface area contributed by atoms with E-state index in [1.807, 2.05) is 0 Å². The van der Waals surface area contributed by atoms with Crippen LogP contribution in [0.4, 0.5) is 29.7 Å². The summed E-state index contributed by atoms with van der Waals surface area (Å²) in [6.45, 7) is 1.29. The molecule has 0 bridgehead atoms. The lowest BCUT2D eigenvalue weighted by molar-refractivity contribution is -0.138. The fourth-order valence-electron chi connectivity index (χ4n) is 3.87. The van der Waals surface area contributed by atoms with Gasteiger partial charge in [-0.3, -0.25) is 0 Å². The summed E-state index contributed by atoms with van der Waals surface area (Å²) in [5.74, 6) is 1.04. The summed E-state index contributed by atoms with van der Waals surface area (Å²) in [4.78, 5) is 29.3. The second-order valence-electron chi connectivity index (χ2n) is 8.06. The van der Waals surface area contributed by atoms with E-state index < -0.39 is 24.7 Å². The molecule has 0 saturated heterocycles. The Balaban J connectivity index is 1.32. The Hall–Kier alpha value is -3.22. The van der Waals surface area contributed by atoms with Gasteiger partial charge >= 0.3 is 12.3 Å². The predicted molar refractivity (Wildman–Crippen MR) is 119 cm³/mol. The normalized spacial score (nSPS) is 19.1. The van der Waals surface area contributed by atoms with Gasteiger partial charge in [-0.1, -0.05) is 11.3 Å². The Bertz CT molecular complexity index is 1140. The molecule has 9 nitrogen and oxygen atoms in total. The van der Waals surface area contributed by atoms with Crippen LogP contribution in [0.2, 0.25) is 0 Å². The molecule has 1 aliphatic carbocycles. The van der Waals surface area contributed by atoms with E-state index in [9.17, 15) is 18.0 Å². The highest BCUT2D eigenvalue weighted by molar-refractivity contribution is 7.20. The predicted octanol–water partition coefficient (Wildman–Crippen LogP) is 4.94. The summed E-state index contributed by atoms with van der Waals surface area (Å²) < 4.78 is 48.6. The minimum absolute atomic E-state index is 0.0896. The number of amides is 1. The number of anilines is 2. The molecule has 3 aromatic rings. The van der Waals surface area contributed by atoms with Gasteiger partial charge in [0.25, 0.3) is 5.19 Å². The number of ether oxygens (including phenoxy) is 2. The highest BCUT2D eigenvalue weighted by Gasteiger charge is 2.32. The highest BCUT2D eigenvalue weighted by Crippen LogP contribution is 2.36. The number of carbonyl (C=O) groups is 1. The van der Waals surface area contributed by atoms with Crippen molar-refractivity contribution in [1.29, 1.82) is 0 Å². The number of carbonyl (C=O) groups excluding carboxylic acids is 1. The van der Waals surface area contributed by atoms with Gasteiger partial charge in [0.15, 0.2) is 5.82 Å². The average Bonchev–Trinajstić information content (AvgIpc) is 3.40. The zero-order chi connectivity index (χ0) is 24.3. The molecule has 34 heavy (non-hydrogen) atoms. The zero-order valence-corrected chi connectivity index (χ0v) is 19.2. The van der Waals surface area contributed by atoms with E-state index in [2.05, 4.69) is 30.6 Å². The van der Waals surface area contributed by atoms with Gasteiger partial charge in [0, 0.05) is 24.6 Å². The van der Waals surface area contributed by atoms with Crippen LogP contribution in [0.3, 0.4) is 0 Å². The number of pyridine rings is 1. The second-order valence-corrected chi connectivity index (χ2v) is 9.02. The summed E-state index contributed by atoms with van der Waals surface area (Å²) in [5.41, 5.74) is 1.65. The Kier molecular flexibility index (Phi) is 7.00. The first kappa shape index (κ1) is 23.9. The third-order valence-electron chi connectivity index (χ3n) is 5.39. The van der Waals surface area contributed by atoms with Crippen LogP contribution in [-0.2, 0) is 4.74 Å². The van der Waals surface area contributed by atoms with E-state index >= 15 is 0 Å². The molecule has 3 heterocycles. The van der Waals surface area contributed by atoms with Crippen molar-refractivity contribution in [2.45, 2.75) is 56.8 Å². The topological polar surface area (TPSA) is 111 Å². The monoisotopic (exact) mass is 496 g/mol. The number of methoxy groups -OCH3 is 1. The van der Waals surface area contributed by atoms with Crippen LogP contribution < -0.4 is 15.4 Å². The van der Waals surface area contributed by atoms with Crippen molar-refractivity contribution in [3.63, 3.8) is 0 Å². The number of nitrogens with one attached hydrogen (secondary N) is 2. The number of alkyl carbamates (subject to hydrolysis) is 1. The summed E-state index contributed by atoms with van der Waals surface area (Å²) in [6.07, 6.45) is 0.329. The Morgan fingerprint density at radius 3 is 2.74 bits per heavy atom.